The van der Waals surface area contributed by atoms with Gasteiger partial charge >= 0.3 is 10.5 Å². The van der Waals surface area contributed by atoms with E-state index in [1.165, 1.54) is 28.9 Å². The number of nitrogens with one attached hydrogen (secondary N) is 1. The molecule has 2 amide bonds. The lowest BCUT2D eigenvalue weighted by atomic mass is 9.89. The lowest BCUT2D eigenvalue weighted by molar-refractivity contribution is -0.117. The van der Waals surface area contributed by atoms with Crippen LogP contribution in [0.5, 0.6) is 0 Å². The first-order valence-corrected chi connectivity index (χ1v) is 14.4. The summed E-state index contributed by atoms with van der Waals surface area (Å²) in [6, 6.07) is 11.1. The average molecular weight is 617 g/mol. The SMILES string of the molecule is CCC(=O)N=S(=O)=O.Cc1cc(Nc2c(C(=O)N3CCC(c4ccc(F)cc4)CC3)cnc3ccnn23)c(Cl)cc1F. The number of halogens is 3. The summed E-state index contributed by atoms with van der Waals surface area (Å²) in [7, 11) is -2.57. The molecule has 42 heavy (non-hydrogen) atoms. The van der Waals surface area contributed by atoms with Gasteiger partial charge in [0.25, 0.3) is 11.8 Å². The van der Waals surface area contributed by atoms with E-state index in [1.807, 2.05) is 12.1 Å². The van der Waals surface area contributed by atoms with Crippen LogP contribution in [0.1, 0.15) is 53.6 Å². The smallest absolute Gasteiger partial charge is 0.319 e. The largest absolute Gasteiger partial charge is 0.338 e. The van der Waals surface area contributed by atoms with Crippen LogP contribution in [0, 0.1) is 18.6 Å². The van der Waals surface area contributed by atoms with Crippen LogP contribution in [0.2, 0.25) is 5.02 Å². The van der Waals surface area contributed by atoms with E-state index in [0.29, 0.717) is 41.4 Å². The maximum absolute atomic E-state index is 13.9. The average Bonchev–Trinajstić information content (AvgIpc) is 3.46. The minimum atomic E-state index is -2.57. The molecule has 10 nitrogen and oxygen atoms in total. The molecule has 0 spiro atoms. The number of nitrogens with zero attached hydrogens (tertiary/aromatic N) is 5. The van der Waals surface area contributed by atoms with Crippen molar-refractivity contribution in [2.75, 3.05) is 18.4 Å². The quantitative estimate of drug-likeness (QED) is 0.304. The fourth-order valence-electron chi connectivity index (χ4n) is 4.50. The number of aromatic nitrogens is 3. The van der Waals surface area contributed by atoms with Gasteiger partial charge in [-0.1, -0.05) is 35.0 Å². The van der Waals surface area contributed by atoms with Crippen LogP contribution in [-0.4, -0.2) is 52.8 Å². The Morgan fingerprint density at radius 3 is 2.43 bits per heavy atom. The molecule has 0 radical (unpaired) electrons. The number of hydrogen-bond acceptors (Lipinski definition) is 7. The first-order chi connectivity index (χ1) is 20.1. The maximum Gasteiger partial charge on any atom is 0.319 e. The highest BCUT2D eigenvalue weighted by Crippen LogP contribution is 2.32. The predicted octanol–water partition coefficient (Wildman–Crippen LogP) is 5.72. The van der Waals surface area contributed by atoms with Gasteiger partial charge in [0.2, 0.25) is 0 Å². The van der Waals surface area contributed by atoms with Crippen molar-refractivity contribution in [1.29, 1.82) is 0 Å². The van der Waals surface area contributed by atoms with Crippen molar-refractivity contribution in [2.24, 2.45) is 4.36 Å². The molecule has 1 N–H and O–H groups in total. The second kappa shape index (κ2) is 13.6. The zero-order chi connectivity index (χ0) is 30.4. The molecular formula is C28H27ClF2N6O4S. The second-order valence-electron chi connectivity index (χ2n) is 9.50. The van der Waals surface area contributed by atoms with Gasteiger partial charge in [0.1, 0.15) is 23.0 Å². The van der Waals surface area contributed by atoms with Crippen LogP contribution in [0.25, 0.3) is 5.65 Å². The molecule has 2 aromatic heterocycles. The maximum atomic E-state index is 13.9. The highest BCUT2D eigenvalue weighted by Gasteiger charge is 2.27. The Labute approximate surface area is 247 Å². The number of fused-ring (bicyclic) bond motifs is 1. The summed E-state index contributed by atoms with van der Waals surface area (Å²) in [5.74, 6) is -0.772. The Morgan fingerprint density at radius 1 is 1.12 bits per heavy atom. The molecule has 0 saturated carbocycles. The molecular weight excluding hydrogens is 590 g/mol. The highest BCUT2D eigenvalue weighted by molar-refractivity contribution is 7.62. The molecule has 0 aliphatic carbocycles. The van der Waals surface area contributed by atoms with Gasteiger partial charge in [0, 0.05) is 31.8 Å². The van der Waals surface area contributed by atoms with Gasteiger partial charge < -0.3 is 10.2 Å². The molecule has 0 bridgehead atoms. The Bertz CT molecular complexity index is 1750. The molecule has 3 heterocycles. The summed E-state index contributed by atoms with van der Waals surface area (Å²) in [5, 5.41) is 7.67. The normalized spacial score (nSPS) is 13.3. The molecule has 4 aromatic rings. The van der Waals surface area contributed by atoms with Gasteiger partial charge in [-0.3, -0.25) is 9.59 Å². The van der Waals surface area contributed by atoms with Crippen molar-refractivity contribution in [1.82, 2.24) is 19.5 Å². The van der Waals surface area contributed by atoms with E-state index in [0.717, 1.165) is 18.4 Å². The zero-order valence-electron chi connectivity index (χ0n) is 22.7. The first kappa shape index (κ1) is 30.7. The van der Waals surface area contributed by atoms with E-state index in [4.69, 9.17) is 11.6 Å². The van der Waals surface area contributed by atoms with Crippen molar-refractivity contribution >= 4 is 51.1 Å². The minimum absolute atomic E-state index is 0.133. The number of amides is 2. The van der Waals surface area contributed by atoms with Crippen molar-refractivity contribution in [3.05, 3.63) is 88.2 Å². The van der Waals surface area contributed by atoms with Crippen LogP contribution in [-0.2, 0) is 15.3 Å². The predicted molar refractivity (Wildman–Crippen MR) is 153 cm³/mol. The van der Waals surface area contributed by atoms with E-state index >= 15 is 0 Å². The number of aryl methyl sites for hydroxylation is 1. The van der Waals surface area contributed by atoms with Crippen LogP contribution in [0.3, 0.4) is 0 Å². The molecule has 2 aromatic carbocycles. The van der Waals surface area contributed by atoms with Gasteiger partial charge in [-0.25, -0.2) is 13.8 Å². The van der Waals surface area contributed by atoms with Gasteiger partial charge in [-0.05, 0) is 61.1 Å². The third-order valence-corrected chi connectivity index (χ3v) is 7.42. The topological polar surface area (TPSA) is 126 Å². The Balaban J connectivity index is 0.000000446. The van der Waals surface area contributed by atoms with Gasteiger partial charge in [0.15, 0.2) is 5.65 Å². The number of hydrogen-bond donors (Lipinski definition) is 1. The zero-order valence-corrected chi connectivity index (χ0v) is 24.3. The number of likely N-dealkylation sites (tertiary alicyclic amines) is 1. The van der Waals surface area contributed by atoms with Crippen LogP contribution in [0.4, 0.5) is 20.3 Å². The fraction of sp³-hybridized carbons (Fsp3) is 0.286. The standard InChI is InChI=1S/C25H22ClF2N5O.C3H5NO3S/c1-15-12-22(20(26)13-21(15)28)31-24-19(14-29-23-6-9-30-33(23)24)25(34)32-10-7-17(8-11-32)16-2-4-18(27)5-3-16;1-2-3(5)4-8(6)7/h2-6,9,12-14,17,31H,7-8,10-11H2,1H3;2H2,1H3. The van der Waals surface area contributed by atoms with Crippen molar-refractivity contribution < 1.29 is 26.8 Å². The molecule has 1 saturated heterocycles. The third-order valence-electron chi connectivity index (χ3n) is 6.75. The Kier molecular flexibility index (Phi) is 9.96. The van der Waals surface area contributed by atoms with Crippen LogP contribution < -0.4 is 5.32 Å². The minimum Gasteiger partial charge on any atom is -0.338 e. The number of rotatable bonds is 5. The highest BCUT2D eigenvalue weighted by atomic mass is 35.5. The molecule has 14 heteroatoms. The monoisotopic (exact) mass is 616 g/mol. The number of carbonyl (C=O) groups excluding carboxylic acids is 2. The summed E-state index contributed by atoms with van der Waals surface area (Å²) in [6.07, 6.45) is 4.81. The first-order valence-electron chi connectivity index (χ1n) is 13.0. The summed E-state index contributed by atoms with van der Waals surface area (Å²) in [4.78, 5) is 29.8. The second-order valence-corrected chi connectivity index (χ2v) is 10.5. The van der Waals surface area contributed by atoms with Gasteiger partial charge in [-0.15, -0.1) is 0 Å². The third kappa shape index (κ3) is 7.34. The summed E-state index contributed by atoms with van der Waals surface area (Å²) in [5.41, 5.74) is 2.87. The van der Waals surface area contributed by atoms with E-state index < -0.39 is 22.2 Å². The molecule has 1 aliphatic heterocycles. The van der Waals surface area contributed by atoms with Crippen LogP contribution in [0.15, 0.2) is 59.2 Å². The van der Waals surface area contributed by atoms with Crippen LogP contribution >= 0.6 is 11.6 Å². The number of anilines is 2. The molecule has 1 fully saturated rings. The molecule has 5 rings (SSSR count). The van der Waals surface area contributed by atoms with E-state index in [9.17, 15) is 26.8 Å². The number of piperidine rings is 1. The Morgan fingerprint density at radius 2 is 1.81 bits per heavy atom. The van der Waals surface area contributed by atoms with Crippen molar-refractivity contribution in [3.8, 4) is 0 Å². The fourth-order valence-corrected chi connectivity index (χ4v) is 4.99. The summed E-state index contributed by atoms with van der Waals surface area (Å²) >= 11 is 6.27. The van der Waals surface area contributed by atoms with E-state index in [-0.39, 0.29) is 29.1 Å². The summed E-state index contributed by atoms with van der Waals surface area (Å²) in [6.45, 7) is 4.31. The molecule has 1 aliphatic rings. The van der Waals surface area contributed by atoms with Gasteiger partial charge in [-0.2, -0.15) is 18.0 Å². The lowest BCUT2D eigenvalue weighted by Crippen LogP contribution is -2.38. The van der Waals surface area contributed by atoms with Crippen molar-refractivity contribution in [3.63, 3.8) is 0 Å². The lowest BCUT2D eigenvalue weighted by Gasteiger charge is -2.32. The molecule has 0 unspecified atom stereocenters. The van der Waals surface area contributed by atoms with Crippen molar-refractivity contribution in [2.45, 2.75) is 39.0 Å². The molecule has 220 valence electrons. The number of carbonyl (C=O) groups is 2. The Hall–Kier alpha value is -4.23. The molecule has 0 atom stereocenters. The summed E-state index contributed by atoms with van der Waals surface area (Å²) < 4.78 is 50.5. The van der Waals surface area contributed by atoms with E-state index in [1.54, 1.807) is 37.1 Å². The number of benzene rings is 2. The van der Waals surface area contributed by atoms with E-state index in [2.05, 4.69) is 19.8 Å². The van der Waals surface area contributed by atoms with Gasteiger partial charge in [0.05, 0.1) is 16.9 Å².